The zero-order chi connectivity index (χ0) is 21.8. The van der Waals surface area contributed by atoms with Gasteiger partial charge in [-0.2, -0.15) is 0 Å². The molecule has 0 heterocycles. The lowest BCUT2D eigenvalue weighted by molar-refractivity contribution is -0.145. The first kappa shape index (κ1) is 22.6. The number of hydrogen-bond donors (Lipinski definition) is 3. The Bertz CT molecular complexity index is 866. The molecule has 0 spiro atoms. The van der Waals surface area contributed by atoms with Gasteiger partial charge in [-0.25, -0.2) is 0 Å². The summed E-state index contributed by atoms with van der Waals surface area (Å²) in [5.74, 6) is -1.69. The van der Waals surface area contributed by atoms with Crippen molar-refractivity contribution in [1.29, 1.82) is 0 Å². The third-order valence-corrected chi connectivity index (χ3v) is 4.05. The van der Waals surface area contributed by atoms with Gasteiger partial charge in [0.2, 0.25) is 11.8 Å². The second-order valence-electron chi connectivity index (χ2n) is 6.57. The molecule has 2 rings (SSSR count). The number of carbonyl (C=O) groups is 4. The minimum atomic E-state index is -0.513. The molecular weight excluding hydrogens is 386 g/mol. The van der Waals surface area contributed by atoms with Gasteiger partial charge in [0.25, 0.3) is 5.91 Å². The zero-order valence-electron chi connectivity index (χ0n) is 16.8. The van der Waals surface area contributed by atoms with Crippen molar-refractivity contribution in [3.8, 4) is 0 Å². The van der Waals surface area contributed by atoms with Gasteiger partial charge in [0.05, 0.1) is 13.0 Å². The predicted octanol–water partition coefficient (Wildman–Crippen LogP) is 2.36. The molecule has 8 heteroatoms. The third kappa shape index (κ3) is 8.55. The van der Waals surface area contributed by atoms with Crippen molar-refractivity contribution in [1.82, 2.24) is 10.9 Å². The van der Waals surface area contributed by atoms with Gasteiger partial charge in [0, 0.05) is 24.6 Å². The van der Waals surface area contributed by atoms with Crippen molar-refractivity contribution in [2.75, 3.05) is 11.9 Å². The van der Waals surface area contributed by atoms with Crippen molar-refractivity contribution in [2.45, 2.75) is 32.6 Å². The molecule has 0 aliphatic rings. The fourth-order valence-electron chi connectivity index (χ4n) is 2.56. The van der Waals surface area contributed by atoms with E-state index >= 15 is 0 Å². The summed E-state index contributed by atoms with van der Waals surface area (Å²) in [4.78, 5) is 46.5. The van der Waals surface area contributed by atoms with Crippen LogP contribution in [0.2, 0.25) is 0 Å². The molecule has 0 fully saturated rings. The maximum absolute atomic E-state index is 12.0. The molecule has 0 aromatic heterocycles. The highest BCUT2D eigenvalue weighted by Crippen LogP contribution is 2.09. The van der Waals surface area contributed by atoms with E-state index in [1.807, 2.05) is 30.3 Å². The molecule has 0 saturated heterocycles. The van der Waals surface area contributed by atoms with Crippen molar-refractivity contribution in [2.24, 2.45) is 0 Å². The molecule has 0 bridgehead atoms. The number of hydrazine groups is 1. The summed E-state index contributed by atoms with van der Waals surface area (Å²) in [6.45, 7) is 1.68. The Kier molecular flexibility index (Phi) is 9.05. The van der Waals surface area contributed by atoms with Crippen LogP contribution in [0.25, 0.3) is 0 Å². The fraction of sp³-hybridized carbons (Fsp3) is 0.273. The molecule has 2 aromatic rings. The molecule has 2 aromatic carbocycles. The van der Waals surface area contributed by atoms with Crippen LogP contribution in [0.5, 0.6) is 0 Å². The molecule has 3 N–H and O–H groups in total. The van der Waals surface area contributed by atoms with Crippen LogP contribution in [-0.4, -0.2) is 30.3 Å². The van der Waals surface area contributed by atoms with E-state index in [0.29, 0.717) is 24.3 Å². The lowest BCUT2D eigenvalue weighted by Crippen LogP contribution is -2.41. The Labute approximate surface area is 175 Å². The second-order valence-corrected chi connectivity index (χ2v) is 6.57. The number of esters is 1. The molecule has 3 amide bonds. The van der Waals surface area contributed by atoms with Gasteiger partial charge in [-0.1, -0.05) is 30.3 Å². The van der Waals surface area contributed by atoms with Gasteiger partial charge in [-0.3, -0.25) is 30.0 Å². The van der Waals surface area contributed by atoms with Gasteiger partial charge in [-0.05, 0) is 42.7 Å². The molecule has 8 nitrogen and oxygen atoms in total. The highest BCUT2D eigenvalue weighted by molar-refractivity contribution is 5.96. The standard InChI is InChI=1S/C22H25N3O5/c1-16(26)23-19-11-9-18(10-12-19)22(29)25-24-20(27)13-14-21(28)30-15-5-8-17-6-3-2-4-7-17/h2-4,6-7,9-12H,5,8,13-15H2,1H3,(H,23,26)(H,24,27)(H,25,29). The fourth-order valence-corrected chi connectivity index (χ4v) is 2.56. The molecule has 158 valence electrons. The molecule has 30 heavy (non-hydrogen) atoms. The van der Waals surface area contributed by atoms with Crippen LogP contribution in [0.3, 0.4) is 0 Å². The summed E-state index contributed by atoms with van der Waals surface area (Å²) in [5, 5.41) is 2.59. The maximum Gasteiger partial charge on any atom is 0.306 e. The van der Waals surface area contributed by atoms with Crippen LogP contribution in [-0.2, 0) is 25.5 Å². The number of amides is 3. The first-order valence-corrected chi connectivity index (χ1v) is 9.60. The zero-order valence-corrected chi connectivity index (χ0v) is 16.8. The molecule has 0 aliphatic carbocycles. The minimum absolute atomic E-state index is 0.0710. The Hall–Kier alpha value is -3.68. The van der Waals surface area contributed by atoms with Gasteiger partial charge < -0.3 is 10.1 Å². The van der Waals surface area contributed by atoms with E-state index in [2.05, 4.69) is 16.2 Å². The summed E-state index contributed by atoms with van der Waals surface area (Å²) in [7, 11) is 0. The molecule has 0 unspecified atom stereocenters. The number of rotatable bonds is 9. The van der Waals surface area contributed by atoms with E-state index in [1.165, 1.54) is 24.6 Å². The number of nitrogens with one attached hydrogen (secondary N) is 3. The number of hydrogen-bond acceptors (Lipinski definition) is 5. The van der Waals surface area contributed by atoms with Crippen molar-refractivity contribution >= 4 is 29.4 Å². The van der Waals surface area contributed by atoms with E-state index in [0.717, 1.165) is 6.42 Å². The lowest BCUT2D eigenvalue weighted by atomic mass is 10.1. The Morgan fingerprint density at radius 1 is 0.867 bits per heavy atom. The van der Waals surface area contributed by atoms with Crippen molar-refractivity contribution in [3.63, 3.8) is 0 Å². The van der Waals surface area contributed by atoms with Crippen LogP contribution >= 0.6 is 0 Å². The average Bonchev–Trinajstić information content (AvgIpc) is 2.74. The average molecular weight is 411 g/mol. The Balaban J connectivity index is 1.60. The molecular formula is C22H25N3O5. The van der Waals surface area contributed by atoms with Crippen LogP contribution in [0.1, 0.15) is 42.1 Å². The van der Waals surface area contributed by atoms with E-state index < -0.39 is 17.8 Å². The van der Waals surface area contributed by atoms with Crippen molar-refractivity contribution < 1.29 is 23.9 Å². The predicted molar refractivity (Wildman–Crippen MR) is 111 cm³/mol. The maximum atomic E-state index is 12.0. The SMILES string of the molecule is CC(=O)Nc1ccc(C(=O)NNC(=O)CCC(=O)OCCCc2ccccc2)cc1. The first-order valence-electron chi connectivity index (χ1n) is 9.60. The van der Waals surface area contributed by atoms with E-state index in [-0.39, 0.29) is 18.7 Å². The summed E-state index contributed by atoms with van der Waals surface area (Å²) < 4.78 is 5.11. The Morgan fingerprint density at radius 3 is 2.23 bits per heavy atom. The van der Waals surface area contributed by atoms with Gasteiger partial charge in [0.1, 0.15) is 0 Å². The largest absolute Gasteiger partial charge is 0.466 e. The van der Waals surface area contributed by atoms with Gasteiger partial charge in [-0.15, -0.1) is 0 Å². The number of ether oxygens (including phenoxy) is 1. The Morgan fingerprint density at radius 2 is 1.57 bits per heavy atom. The summed E-state index contributed by atoms with van der Waals surface area (Å²) in [6.07, 6.45) is 1.35. The topological polar surface area (TPSA) is 114 Å². The molecule has 0 aliphatic heterocycles. The second kappa shape index (κ2) is 12.0. The van der Waals surface area contributed by atoms with Crippen LogP contribution in [0, 0.1) is 0 Å². The number of aryl methyl sites for hydroxylation is 1. The number of benzene rings is 2. The van der Waals surface area contributed by atoms with Gasteiger partial charge >= 0.3 is 5.97 Å². The normalized spacial score (nSPS) is 10.0. The van der Waals surface area contributed by atoms with E-state index in [4.69, 9.17) is 4.74 Å². The molecule has 0 saturated carbocycles. The summed E-state index contributed by atoms with van der Waals surface area (Å²) >= 11 is 0. The van der Waals surface area contributed by atoms with Gasteiger partial charge in [0.15, 0.2) is 0 Å². The lowest BCUT2D eigenvalue weighted by Gasteiger charge is -2.08. The molecule has 0 atom stereocenters. The van der Waals surface area contributed by atoms with E-state index in [1.54, 1.807) is 12.1 Å². The quantitative estimate of drug-likeness (QED) is 0.333. The third-order valence-electron chi connectivity index (χ3n) is 4.05. The monoisotopic (exact) mass is 411 g/mol. The number of anilines is 1. The van der Waals surface area contributed by atoms with Crippen LogP contribution in [0.4, 0.5) is 5.69 Å². The first-order chi connectivity index (χ1) is 14.4. The van der Waals surface area contributed by atoms with Crippen molar-refractivity contribution in [3.05, 3.63) is 65.7 Å². The highest BCUT2D eigenvalue weighted by Gasteiger charge is 2.10. The minimum Gasteiger partial charge on any atom is -0.466 e. The number of carbonyl (C=O) groups excluding carboxylic acids is 4. The summed E-state index contributed by atoms with van der Waals surface area (Å²) in [6, 6.07) is 16.1. The highest BCUT2D eigenvalue weighted by atomic mass is 16.5. The van der Waals surface area contributed by atoms with Crippen LogP contribution < -0.4 is 16.2 Å². The molecule has 0 radical (unpaired) electrons. The van der Waals surface area contributed by atoms with E-state index in [9.17, 15) is 19.2 Å². The van der Waals surface area contributed by atoms with Crippen LogP contribution in [0.15, 0.2) is 54.6 Å². The smallest absolute Gasteiger partial charge is 0.306 e. The summed E-state index contributed by atoms with van der Waals surface area (Å²) in [5.41, 5.74) is 6.57.